The van der Waals surface area contributed by atoms with Crippen molar-refractivity contribution in [3.63, 3.8) is 0 Å². The molecular weight excluding hydrogens is 428 g/mol. The van der Waals surface area contributed by atoms with E-state index in [1.807, 2.05) is 31.2 Å². The molecule has 0 amide bonds. The first-order valence-corrected chi connectivity index (χ1v) is 11.6. The molecule has 0 atom stereocenters. The van der Waals surface area contributed by atoms with Gasteiger partial charge in [-0.05, 0) is 57.2 Å². The van der Waals surface area contributed by atoms with Crippen molar-refractivity contribution in [3.05, 3.63) is 77.2 Å². The summed E-state index contributed by atoms with van der Waals surface area (Å²) in [4.78, 5) is 22.1. The lowest BCUT2D eigenvalue weighted by molar-refractivity contribution is 0.0784. The van der Waals surface area contributed by atoms with Gasteiger partial charge in [-0.3, -0.25) is 4.79 Å². The van der Waals surface area contributed by atoms with Crippen LogP contribution in [0.25, 0.3) is 16.9 Å². The summed E-state index contributed by atoms with van der Waals surface area (Å²) in [6, 6.07) is 14.7. The highest BCUT2D eigenvalue weighted by molar-refractivity contribution is 5.97. The number of carbonyl (C=O) groups is 1. The maximum absolute atomic E-state index is 13.0. The molecule has 7 heteroatoms. The molecule has 34 heavy (non-hydrogen) atoms. The first-order chi connectivity index (χ1) is 16.3. The Morgan fingerprint density at radius 1 is 1.15 bits per heavy atom. The van der Waals surface area contributed by atoms with E-state index in [2.05, 4.69) is 15.1 Å². The zero-order valence-electron chi connectivity index (χ0n) is 19.7. The number of ether oxygens (including phenoxy) is 1. The van der Waals surface area contributed by atoms with Gasteiger partial charge in [0.05, 0.1) is 35.7 Å². The van der Waals surface area contributed by atoms with Crippen LogP contribution in [-0.2, 0) is 12.0 Å². The zero-order chi connectivity index (χ0) is 23.9. The highest BCUT2D eigenvalue weighted by atomic mass is 16.5. The van der Waals surface area contributed by atoms with Crippen molar-refractivity contribution in [2.24, 2.45) is 5.92 Å². The van der Waals surface area contributed by atoms with E-state index in [-0.39, 0.29) is 12.2 Å². The zero-order valence-corrected chi connectivity index (χ0v) is 19.7. The molecule has 1 N–H and O–H groups in total. The van der Waals surface area contributed by atoms with E-state index in [0.717, 1.165) is 22.5 Å². The predicted octanol–water partition coefficient (Wildman–Crippen LogP) is 4.54. The molecule has 1 aliphatic carbocycles. The maximum atomic E-state index is 13.0. The molecule has 1 aromatic carbocycles. The first-order valence-electron chi connectivity index (χ1n) is 11.6. The van der Waals surface area contributed by atoms with Gasteiger partial charge in [-0.25, -0.2) is 14.5 Å². The van der Waals surface area contributed by atoms with Crippen molar-refractivity contribution in [2.75, 3.05) is 6.61 Å². The molecule has 0 saturated heterocycles. The van der Waals surface area contributed by atoms with Gasteiger partial charge >= 0.3 is 0 Å². The summed E-state index contributed by atoms with van der Waals surface area (Å²) in [6.07, 6.45) is 4.40. The van der Waals surface area contributed by atoms with E-state index in [9.17, 15) is 9.90 Å². The van der Waals surface area contributed by atoms with Crippen molar-refractivity contribution in [1.82, 2.24) is 19.6 Å². The number of aryl methyl sites for hydroxylation is 1. The SMILES string of the molecule is Cc1cc2nc(CC(=O)c3ccc(C(C)(C)O)cc3)cc(-c3ccc(OCC4CC4)nc3)n2n1. The van der Waals surface area contributed by atoms with Gasteiger partial charge < -0.3 is 9.84 Å². The van der Waals surface area contributed by atoms with Crippen LogP contribution in [0.1, 0.15) is 54.0 Å². The second kappa shape index (κ2) is 8.65. The number of pyridine rings is 1. The standard InChI is InChI=1S/C27H28N4O3/c1-17-12-25-29-22(14-24(32)19-6-9-21(10-7-19)27(2,3)33)13-23(31(25)30-17)20-8-11-26(28-15-20)34-16-18-4-5-18/h6-13,15,18,33H,4-5,14,16H2,1-3H3. The third-order valence-electron chi connectivity index (χ3n) is 6.05. The second-order valence-corrected chi connectivity index (χ2v) is 9.56. The number of ketones is 1. The number of aliphatic hydroxyl groups is 1. The first kappa shape index (κ1) is 22.2. The van der Waals surface area contributed by atoms with E-state index < -0.39 is 5.60 Å². The van der Waals surface area contributed by atoms with Crippen LogP contribution < -0.4 is 4.74 Å². The number of nitrogens with zero attached hydrogens (tertiary/aromatic N) is 4. The van der Waals surface area contributed by atoms with Gasteiger partial charge in [0, 0.05) is 29.5 Å². The quantitative estimate of drug-likeness (QED) is 0.392. The third-order valence-corrected chi connectivity index (χ3v) is 6.05. The molecule has 1 saturated carbocycles. The summed E-state index contributed by atoms with van der Waals surface area (Å²) >= 11 is 0. The minimum absolute atomic E-state index is 0.0386. The molecule has 7 nitrogen and oxygen atoms in total. The van der Waals surface area contributed by atoms with Crippen LogP contribution >= 0.6 is 0 Å². The van der Waals surface area contributed by atoms with Crippen LogP contribution in [-0.4, -0.2) is 37.1 Å². The summed E-state index contributed by atoms with van der Waals surface area (Å²) in [5.41, 5.74) is 4.28. The highest BCUT2D eigenvalue weighted by Crippen LogP contribution is 2.30. The number of hydrogen-bond acceptors (Lipinski definition) is 6. The summed E-state index contributed by atoms with van der Waals surface area (Å²) in [6.45, 7) is 6.07. The molecule has 3 aromatic heterocycles. The Bertz CT molecular complexity index is 1330. The molecule has 0 aliphatic heterocycles. The van der Waals surface area contributed by atoms with Crippen molar-refractivity contribution in [3.8, 4) is 17.1 Å². The predicted molar refractivity (Wildman–Crippen MR) is 129 cm³/mol. The highest BCUT2D eigenvalue weighted by Gasteiger charge is 2.22. The van der Waals surface area contributed by atoms with E-state index in [0.29, 0.717) is 35.3 Å². The van der Waals surface area contributed by atoms with E-state index in [4.69, 9.17) is 4.74 Å². The molecule has 4 aromatic rings. The number of rotatable bonds is 8. The van der Waals surface area contributed by atoms with Gasteiger partial charge in [-0.2, -0.15) is 5.10 Å². The van der Waals surface area contributed by atoms with Gasteiger partial charge in [0.2, 0.25) is 5.88 Å². The van der Waals surface area contributed by atoms with Crippen molar-refractivity contribution < 1.29 is 14.6 Å². The van der Waals surface area contributed by atoms with Crippen molar-refractivity contribution >= 4 is 11.4 Å². The maximum Gasteiger partial charge on any atom is 0.213 e. The van der Waals surface area contributed by atoms with E-state index >= 15 is 0 Å². The number of aromatic nitrogens is 4. The minimum atomic E-state index is -0.949. The average Bonchev–Trinajstić information content (AvgIpc) is 3.56. The molecule has 174 valence electrons. The third kappa shape index (κ3) is 4.84. The lowest BCUT2D eigenvalue weighted by atomic mass is 9.96. The van der Waals surface area contributed by atoms with Gasteiger partial charge in [-0.1, -0.05) is 24.3 Å². The molecule has 0 bridgehead atoms. The monoisotopic (exact) mass is 456 g/mol. The van der Waals surface area contributed by atoms with Crippen molar-refractivity contribution in [2.45, 2.75) is 45.6 Å². The molecular formula is C27H28N4O3. The van der Waals surface area contributed by atoms with Crippen LogP contribution in [0, 0.1) is 12.8 Å². The van der Waals surface area contributed by atoms with Gasteiger partial charge in [0.1, 0.15) is 0 Å². The Labute approximate surface area is 198 Å². The molecule has 3 heterocycles. The summed E-state index contributed by atoms with van der Waals surface area (Å²) < 4.78 is 7.54. The molecule has 1 aliphatic rings. The average molecular weight is 457 g/mol. The van der Waals surface area contributed by atoms with Crippen LogP contribution in [0.4, 0.5) is 0 Å². The minimum Gasteiger partial charge on any atom is -0.477 e. The Balaban J connectivity index is 1.41. The Morgan fingerprint density at radius 3 is 2.56 bits per heavy atom. The Morgan fingerprint density at radius 2 is 1.91 bits per heavy atom. The van der Waals surface area contributed by atoms with Crippen LogP contribution in [0.5, 0.6) is 5.88 Å². The van der Waals surface area contributed by atoms with Crippen LogP contribution in [0.2, 0.25) is 0 Å². The molecule has 0 unspecified atom stereocenters. The Kier molecular flexibility index (Phi) is 5.65. The van der Waals surface area contributed by atoms with Crippen LogP contribution in [0.15, 0.2) is 54.7 Å². The lowest BCUT2D eigenvalue weighted by Crippen LogP contribution is -2.15. The number of fused-ring (bicyclic) bond motifs is 1. The summed E-state index contributed by atoms with van der Waals surface area (Å²) in [5, 5.41) is 14.7. The van der Waals surface area contributed by atoms with E-state index in [1.54, 1.807) is 48.8 Å². The fourth-order valence-corrected chi connectivity index (χ4v) is 3.87. The van der Waals surface area contributed by atoms with Crippen LogP contribution in [0.3, 0.4) is 0 Å². The largest absolute Gasteiger partial charge is 0.477 e. The molecule has 0 radical (unpaired) electrons. The van der Waals surface area contributed by atoms with Gasteiger partial charge in [0.25, 0.3) is 0 Å². The topological polar surface area (TPSA) is 89.6 Å². The number of carbonyl (C=O) groups excluding carboxylic acids is 1. The summed E-state index contributed by atoms with van der Waals surface area (Å²) in [5.74, 6) is 1.24. The normalized spacial score (nSPS) is 13.9. The smallest absolute Gasteiger partial charge is 0.213 e. The molecule has 0 spiro atoms. The number of Topliss-reactive ketones (excluding diaryl/α,β-unsaturated/α-hetero) is 1. The fraction of sp³-hybridized carbons (Fsp3) is 0.333. The number of benzene rings is 1. The second-order valence-electron chi connectivity index (χ2n) is 9.56. The van der Waals surface area contributed by atoms with Gasteiger partial charge in [0.15, 0.2) is 11.4 Å². The lowest BCUT2D eigenvalue weighted by Gasteiger charge is -2.17. The van der Waals surface area contributed by atoms with E-state index in [1.165, 1.54) is 12.8 Å². The fourth-order valence-electron chi connectivity index (χ4n) is 3.87. The molecule has 5 rings (SSSR count). The number of hydrogen-bond donors (Lipinski definition) is 1. The summed E-state index contributed by atoms with van der Waals surface area (Å²) in [7, 11) is 0. The van der Waals surface area contributed by atoms with Gasteiger partial charge in [-0.15, -0.1) is 0 Å². The Hall–Kier alpha value is -3.58. The van der Waals surface area contributed by atoms with Crippen molar-refractivity contribution in [1.29, 1.82) is 0 Å². The molecule has 1 fully saturated rings.